The first kappa shape index (κ1) is 23.3. The molecule has 7 atom stereocenters. The van der Waals surface area contributed by atoms with E-state index in [1.165, 1.54) is 29.8 Å². The molecular formula is C25H29NO7S. The smallest absolute Gasteiger partial charge is 0.338 e. The lowest BCUT2D eigenvalue weighted by Gasteiger charge is -2.50. The minimum atomic E-state index is -3.89. The second kappa shape index (κ2) is 8.05. The number of ether oxygens (including phenoxy) is 1. The van der Waals surface area contributed by atoms with Gasteiger partial charge in [0.25, 0.3) is 0 Å². The Morgan fingerprint density at radius 1 is 1.12 bits per heavy atom. The largest absolute Gasteiger partial charge is 0.508 e. The SMILES string of the molecule is C[C@]12CCC3c4ccc(O)cc4CCC3C1[C@@H](O)[C@@H](OC(=O)c1ccc(S(N)(=O)=O)cc1)[C@@H]2O. The van der Waals surface area contributed by atoms with E-state index in [4.69, 9.17) is 9.88 Å². The monoisotopic (exact) mass is 487 g/mol. The maximum Gasteiger partial charge on any atom is 0.338 e. The Bertz CT molecular complexity index is 1230. The summed E-state index contributed by atoms with van der Waals surface area (Å²) in [7, 11) is -3.89. The number of aliphatic hydroxyl groups excluding tert-OH is 2. The van der Waals surface area contributed by atoms with Crippen LogP contribution in [0.2, 0.25) is 0 Å². The molecule has 0 radical (unpaired) electrons. The highest BCUT2D eigenvalue weighted by molar-refractivity contribution is 7.89. The van der Waals surface area contributed by atoms with Crippen molar-refractivity contribution >= 4 is 16.0 Å². The van der Waals surface area contributed by atoms with Gasteiger partial charge < -0.3 is 20.1 Å². The summed E-state index contributed by atoms with van der Waals surface area (Å²) in [6.07, 6.45) is -0.0208. The zero-order valence-corrected chi connectivity index (χ0v) is 19.6. The zero-order valence-electron chi connectivity index (χ0n) is 18.8. The fraction of sp³-hybridized carbons (Fsp3) is 0.480. The standard InChI is InChI=1S/C25H29NO7S/c1-25-11-10-18-17-9-5-15(27)12-14(17)4-8-19(18)20(25)21(28)22(23(25)29)33-24(30)13-2-6-16(7-3-13)34(26,31)32/h2-3,5-7,9,12,18-23,27-29H,4,8,10-11H2,1H3,(H2,26,31,32)/t18?,19?,20?,21-,22-,23+,25+/m1/s1. The van der Waals surface area contributed by atoms with Gasteiger partial charge in [-0.1, -0.05) is 13.0 Å². The number of rotatable bonds is 3. The van der Waals surface area contributed by atoms with Crippen LogP contribution in [-0.2, 0) is 21.2 Å². The highest BCUT2D eigenvalue weighted by Crippen LogP contribution is 2.61. The number of primary sulfonamides is 1. The van der Waals surface area contributed by atoms with Crippen molar-refractivity contribution in [1.82, 2.24) is 0 Å². The fourth-order valence-corrected chi connectivity index (χ4v) is 7.22. The lowest BCUT2D eigenvalue weighted by atomic mass is 9.55. The normalized spacial score (nSPS) is 34.6. The van der Waals surface area contributed by atoms with Crippen LogP contribution in [0.4, 0.5) is 0 Å². The fourth-order valence-electron chi connectivity index (χ4n) is 6.71. The molecule has 2 fully saturated rings. The molecular weight excluding hydrogens is 458 g/mol. The summed E-state index contributed by atoms with van der Waals surface area (Å²) in [5, 5.41) is 37.5. The van der Waals surface area contributed by atoms with Crippen LogP contribution in [0.15, 0.2) is 47.4 Å². The van der Waals surface area contributed by atoms with E-state index in [-0.39, 0.29) is 34.0 Å². The molecule has 0 heterocycles. The van der Waals surface area contributed by atoms with Crippen LogP contribution in [0, 0.1) is 17.3 Å². The second-order valence-electron chi connectivity index (χ2n) is 10.1. The summed E-state index contributed by atoms with van der Waals surface area (Å²) in [6, 6.07) is 10.5. The van der Waals surface area contributed by atoms with Gasteiger partial charge in [-0.25, -0.2) is 18.4 Å². The van der Waals surface area contributed by atoms with Gasteiger partial charge in [-0.2, -0.15) is 0 Å². The van der Waals surface area contributed by atoms with Gasteiger partial charge in [0.05, 0.1) is 22.7 Å². The van der Waals surface area contributed by atoms with Crippen LogP contribution >= 0.6 is 0 Å². The molecule has 8 nitrogen and oxygen atoms in total. The van der Waals surface area contributed by atoms with Gasteiger partial charge in [0.15, 0.2) is 6.10 Å². The predicted octanol–water partition coefficient (Wildman–Crippen LogP) is 2.06. The minimum absolute atomic E-state index is 0.108. The van der Waals surface area contributed by atoms with Crippen LogP contribution < -0.4 is 5.14 Å². The highest BCUT2D eigenvalue weighted by atomic mass is 32.2. The van der Waals surface area contributed by atoms with Crippen LogP contribution in [-0.4, -0.2) is 48.0 Å². The summed E-state index contributed by atoms with van der Waals surface area (Å²) in [6.45, 7) is 1.96. The van der Waals surface area contributed by atoms with Crippen molar-refractivity contribution in [2.75, 3.05) is 0 Å². The van der Waals surface area contributed by atoms with Gasteiger partial charge >= 0.3 is 5.97 Å². The number of phenols is 1. The molecule has 0 amide bonds. The van der Waals surface area contributed by atoms with Crippen LogP contribution in [0.1, 0.15) is 53.6 Å². The molecule has 5 rings (SSSR count). The molecule has 5 N–H and O–H groups in total. The molecule has 34 heavy (non-hydrogen) atoms. The number of hydrogen-bond acceptors (Lipinski definition) is 7. The number of benzene rings is 2. The minimum Gasteiger partial charge on any atom is -0.508 e. The summed E-state index contributed by atoms with van der Waals surface area (Å²) < 4.78 is 28.5. The molecule has 3 unspecified atom stereocenters. The topological polar surface area (TPSA) is 147 Å². The van der Waals surface area contributed by atoms with Gasteiger partial charge in [-0.3, -0.25) is 0 Å². The van der Waals surface area contributed by atoms with E-state index in [0.29, 0.717) is 6.42 Å². The van der Waals surface area contributed by atoms with E-state index in [9.17, 15) is 28.5 Å². The third-order valence-electron chi connectivity index (χ3n) is 8.36. The van der Waals surface area contributed by atoms with Crippen molar-refractivity contribution in [3.05, 3.63) is 59.2 Å². The van der Waals surface area contributed by atoms with Crippen molar-refractivity contribution < 1.29 is 33.3 Å². The number of fused-ring (bicyclic) bond motifs is 5. The van der Waals surface area contributed by atoms with Crippen LogP contribution in [0.25, 0.3) is 0 Å². The Hall–Kier alpha value is -2.46. The number of phenolic OH excluding ortho intramolecular Hbond substituents is 1. The van der Waals surface area contributed by atoms with Crippen molar-refractivity contribution in [3.63, 3.8) is 0 Å². The first-order chi connectivity index (χ1) is 16.0. The summed E-state index contributed by atoms with van der Waals surface area (Å²) >= 11 is 0. The first-order valence-corrected chi connectivity index (χ1v) is 13.1. The van der Waals surface area contributed by atoms with E-state index in [1.54, 1.807) is 6.07 Å². The molecule has 2 aromatic carbocycles. The van der Waals surface area contributed by atoms with Crippen molar-refractivity contribution in [1.29, 1.82) is 0 Å². The van der Waals surface area contributed by atoms with Gasteiger partial charge in [0, 0.05) is 5.41 Å². The molecule has 182 valence electrons. The van der Waals surface area contributed by atoms with Gasteiger partial charge in [0.2, 0.25) is 10.0 Å². The predicted molar refractivity (Wildman–Crippen MR) is 123 cm³/mol. The Labute approximate surface area is 198 Å². The Morgan fingerprint density at radius 2 is 1.82 bits per heavy atom. The number of nitrogens with two attached hydrogens (primary N) is 1. The lowest BCUT2D eigenvalue weighted by molar-refractivity contribution is -0.0613. The molecule has 9 heteroatoms. The van der Waals surface area contributed by atoms with E-state index < -0.39 is 39.7 Å². The van der Waals surface area contributed by atoms with Crippen molar-refractivity contribution in [2.45, 2.75) is 61.7 Å². The van der Waals surface area contributed by atoms with Gasteiger partial charge in [0.1, 0.15) is 5.75 Å². The highest BCUT2D eigenvalue weighted by Gasteiger charge is 2.63. The number of aliphatic hydroxyl groups is 2. The molecule has 0 aliphatic heterocycles. The molecule has 2 aromatic rings. The Morgan fingerprint density at radius 3 is 2.50 bits per heavy atom. The number of sulfonamides is 1. The van der Waals surface area contributed by atoms with Gasteiger partial charge in [-0.05, 0) is 91.0 Å². The molecule has 0 spiro atoms. The van der Waals surface area contributed by atoms with Crippen molar-refractivity contribution in [3.8, 4) is 5.75 Å². The maximum absolute atomic E-state index is 12.8. The average Bonchev–Trinajstić information content (AvgIpc) is 2.98. The van der Waals surface area contributed by atoms with E-state index in [0.717, 1.165) is 24.8 Å². The van der Waals surface area contributed by atoms with Crippen molar-refractivity contribution in [2.24, 2.45) is 22.4 Å². The second-order valence-corrected chi connectivity index (χ2v) is 11.7. The molecule has 2 saturated carbocycles. The van der Waals surface area contributed by atoms with Gasteiger partial charge in [-0.15, -0.1) is 0 Å². The number of carbonyl (C=O) groups is 1. The quantitative estimate of drug-likeness (QED) is 0.485. The van der Waals surface area contributed by atoms with Crippen LogP contribution in [0.5, 0.6) is 5.75 Å². The van der Waals surface area contributed by atoms with E-state index in [1.807, 2.05) is 19.1 Å². The average molecular weight is 488 g/mol. The molecule has 0 saturated heterocycles. The lowest BCUT2D eigenvalue weighted by Crippen LogP contribution is -2.46. The number of hydrogen-bond donors (Lipinski definition) is 4. The first-order valence-electron chi connectivity index (χ1n) is 11.5. The summed E-state index contributed by atoms with van der Waals surface area (Å²) in [4.78, 5) is 12.7. The van der Waals surface area contributed by atoms with E-state index >= 15 is 0 Å². The number of aromatic hydroxyl groups is 1. The van der Waals surface area contributed by atoms with Crippen LogP contribution in [0.3, 0.4) is 0 Å². The zero-order chi connectivity index (χ0) is 24.4. The molecule has 3 aliphatic rings. The Kier molecular flexibility index (Phi) is 5.51. The third-order valence-corrected chi connectivity index (χ3v) is 9.29. The summed E-state index contributed by atoms with van der Waals surface area (Å²) in [5.74, 6) is -0.404. The maximum atomic E-state index is 12.8. The Balaban J connectivity index is 1.39. The third kappa shape index (κ3) is 3.62. The number of esters is 1. The van der Waals surface area contributed by atoms with E-state index in [2.05, 4.69) is 0 Å². The molecule has 0 aromatic heterocycles. The summed E-state index contributed by atoms with van der Waals surface area (Å²) in [5.41, 5.74) is 1.82. The number of carbonyl (C=O) groups excluding carboxylic acids is 1. The molecule has 0 bridgehead atoms. The number of aryl methyl sites for hydroxylation is 1. The molecule has 3 aliphatic carbocycles.